The third-order valence-corrected chi connectivity index (χ3v) is 5.65. The Morgan fingerprint density at radius 1 is 1.03 bits per heavy atom. The van der Waals surface area contributed by atoms with Crippen LogP contribution in [0.2, 0.25) is 0 Å². The molecule has 0 radical (unpaired) electrons. The number of fused-ring (bicyclic) bond motifs is 1. The maximum Gasteiger partial charge on any atom is 0.251 e. The van der Waals surface area contributed by atoms with Gasteiger partial charge in [0.1, 0.15) is 17.5 Å². The van der Waals surface area contributed by atoms with Crippen LogP contribution in [0.25, 0.3) is 6.08 Å². The number of para-hydroxylation sites is 4. The fourth-order valence-electron chi connectivity index (χ4n) is 3.94. The van der Waals surface area contributed by atoms with E-state index in [1.807, 2.05) is 25.1 Å². The van der Waals surface area contributed by atoms with Crippen molar-refractivity contribution >= 4 is 40.9 Å². The van der Waals surface area contributed by atoms with E-state index in [1.54, 1.807) is 67.8 Å². The third-order valence-electron chi connectivity index (χ3n) is 5.65. The number of rotatable bonds is 8. The second-order valence-electron chi connectivity index (χ2n) is 8.02. The molecule has 184 valence electrons. The number of carbonyl (C=O) groups excluding carboxylic acids is 3. The molecule has 8 nitrogen and oxygen atoms in total. The Labute approximate surface area is 209 Å². The zero-order valence-corrected chi connectivity index (χ0v) is 20.1. The van der Waals surface area contributed by atoms with Gasteiger partial charge in [-0.15, -0.1) is 0 Å². The van der Waals surface area contributed by atoms with Gasteiger partial charge < -0.3 is 20.1 Å². The van der Waals surface area contributed by atoms with Gasteiger partial charge >= 0.3 is 0 Å². The number of ether oxygens (including phenoxy) is 2. The minimum atomic E-state index is -1.04. The summed E-state index contributed by atoms with van der Waals surface area (Å²) in [5.74, 6) is -0.0355. The van der Waals surface area contributed by atoms with Crippen molar-refractivity contribution in [2.45, 2.75) is 19.4 Å². The van der Waals surface area contributed by atoms with Gasteiger partial charge in [0.2, 0.25) is 11.8 Å². The summed E-state index contributed by atoms with van der Waals surface area (Å²) >= 11 is 0. The standard InChI is InChI=1S/C28H27N3O5/c1-3-36-25-11-7-5-9-22(25)29-26(32)18-24-28(34)30-21-8-4-6-10-23(21)31(24)27(33)17-14-19-12-15-20(35-2)16-13-19/h4-17,24H,3,18H2,1-2H3,(H,29,32)(H,30,34)/b17-14+/t24-/m1/s1. The monoisotopic (exact) mass is 485 g/mol. The molecule has 0 unspecified atom stereocenters. The van der Waals surface area contributed by atoms with Crippen molar-refractivity contribution < 1.29 is 23.9 Å². The summed E-state index contributed by atoms with van der Waals surface area (Å²) in [6.45, 7) is 2.29. The molecule has 2 N–H and O–H groups in total. The summed E-state index contributed by atoms with van der Waals surface area (Å²) in [5.41, 5.74) is 2.32. The number of hydrogen-bond donors (Lipinski definition) is 2. The second-order valence-corrected chi connectivity index (χ2v) is 8.02. The lowest BCUT2D eigenvalue weighted by molar-refractivity contribution is -0.124. The zero-order chi connectivity index (χ0) is 25.5. The highest BCUT2D eigenvalue weighted by Crippen LogP contribution is 2.33. The summed E-state index contributed by atoms with van der Waals surface area (Å²) in [5, 5.41) is 5.61. The Kier molecular flexibility index (Phi) is 7.65. The van der Waals surface area contributed by atoms with Crippen LogP contribution in [0.5, 0.6) is 11.5 Å². The van der Waals surface area contributed by atoms with E-state index >= 15 is 0 Å². The number of benzene rings is 3. The highest BCUT2D eigenvalue weighted by Gasteiger charge is 2.37. The maximum atomic E-state index is 13.4. The number of amides is 3. The maximum absolute atomic E-state index is 13.4. The fraction of sp³-hybridized carbons (Fsp3) is 0.179. The highest BCUT2D eigenvalue weighted by molar-refractivity contribution is 6.16. The van der Waals surface area contributed by atoms with Crippen molar-refractivity contribution in [3.63, 3.8) is 0 Å². The molecule has 8 heteroatoms. The summed E-state index contributed by atoms with van der Waals surface area (Å²) < 4.78 is 10.7. The summed E-state index contributed by atoms with van der Waals surface area (Å²) in [7, 11) is 1.58. The van der Waals surface area contributed by atoms with E-state index in [4.69, 9.17) is 9.47 Å². The van der Waals surface area contributed by atoms with Crippen LogP contribution in [-0.4, -0.2) is 37.5 Å². The SMILES string of the molecule is CCOc1ccccc1NC(=O)C[C@@H]1C(=O)Nc2ccccc2N1C(=O)/C=C/c1ccc(OC)cc1. The van der Waals surface area contributed by atoms with Gasteiger partial charge in [0.25, 0.3) is 5.91 Å². The molecule has 3 aromatic rings. The van der Waals surface area contributed by atoms with Gasteiger partial charge in [-0.3, -0.25) is 19.3 Å². The van der Waals surface area contributed by atoms with Crippen LogP contribution in [0.4, 0.5) is 17.1 Å². The van der Waals surface area contributed by atoms with Gasteiger partial charge in [-0.25, -0.2) is 0 Å². The van der Waals surface area contributed by atoms with Crippen molar-refractivity contribution in [3.8, 4) is 11.5 Å². The number of methoxy groups -OCH3 is 1. The van der Waals surface area contributed by atoms with Crippen LogP contribution < -0.4 is 25.0 Å². The molecule has 1 aliphatic rings. The number of hydrogen-bond acceptors (Lipinski definition) is 5. The van der Waals surface area contributed by atoms with Crippen molar-refractivity contribution in [2.75, 3.05) is 29.3 Å². The molecule has 0 fully saturated rings. The Morgan fingerprint density at radius 2 is 1.75 bits per heavy atom. The molecule has 1 heterocycles. The molecule has 3 aromatic carbocycles. The van der Waals surface area contributed by atoms with Gasteiger partial charge in [-0.2, -0.15) is 0 Å². The highest BCUT2D eigenvalue weighted by atomic mass is 16.5. The largest absolute Gasteiger partial charge is 0.497 e. The molecule has 0 saturated carbocycles. The van der Waals surface area contributed by atoms with Crippen LogP contribution in [0, 0.1) is 0 Å². The summed E-state index contributed by atoms with van der Waals surface area (Å²) in [6.07, 6.45) is 2.82. The molecule has 4 rings (SSSR count). The zero-order valence-electron chi connectivity index (χ0n) is 20.1. The number of nitrogens with zero attached hydrogens (tertiary/aromatic N) is 1. The first kappa shape index (κ1) is 24.5. The average molecular weight is 486 g/mol. The lowest BCUT2D eigenvalue weighted by Gasteiger charge is -2.35. The Balaban J connectivity index is 1.58. The molecule has 0 spiro atoms. The predicted octanol–water partition coefficient (Wildman–Crippen LogP) is 4.49. The number of nitrogens with one attached hydrogen (secondary N) is 2. The van der Waals surface area contributed by atoms with Gasteiger partial charge in [-0.1, -0.05) is 36.4 Å². The number of anilines is 3. The second kappa shape index (κ2) is 11.2. The van der Waals surface area contributed by atoms with E-state index < -0.39 is 23.8 Å². The average Bonchev–Trinajstić information content (AvgIpc) is 2.89. The Hall–Kier alpha value is -4.59. The van der Waals surface area contributed by atoms with E-state index in [-0.39, 0.29) is 6.42 Å². The normalized spacial score (nSPS) is 14.7. The molecule has 0 aromatic heterocycles. The topological polar surface area (TPSA) is 97.0 Å². The van der Waals surface area contributed by atoms with E-state index in [0.29, 0.717) is 35.2 Å². The lowest BCUT2D eigenvalue weighted by Crippen LogP contribution is -2.52. The van der Waals surface area contributed by atoms with Gasteiger partial charge in [-0.05, 0) is 55.0 Å². The Morgan fingerprint density at radius 3 is 2.50 bits per heavy atom. The van der Waals surface area contributed by atoms with Crippen LogP contribution >= 0.6 is 0 Å². The minimum Gasteiger partial charge on any atom is -0.497 e. The lowest BCUT2D eigenvalue weighted by atomic mass is 10.0. The molecular formula is C28H27N3O5. The van der Waals surface area contributed by atoms with E-state index in [9.17, 15) is 14.4 Å². The first-order chi connectivity index (χ1) is 17.5. The van der Waals surface area contributed by atoms with Crippen LogP contribution in [-0.2, 0) is 14.4 Å². The quantitative estimate of drug-likeness (QED) is 0.458. The minimum absolute atomic E-state index is 0.233. The van der Waals surface area contributed by atoms with Crippen LogP contribution in [0.3, 0.4) is 0 Å². The van der Waals surface area contributed by atoms with E-state index in [0.717, 1.165) is 5.56 Å². The molecule has 3 amide bonds. The van der Waals surface area contributed by atoms with Gasteiger partial charge in [0.05, 0.1) is 37.2 Å². The van der Waals surface area contributed by atoms with Crippen molar-refractivity contribution in [3.05, 3.63) is 84.4 Å². The first-order valence-electron chi connectivity index (χ1n) is 11.6. The summed E-state index contributed by atoms with van der Waals surface area (Å²) in [4.78, 5) is 40.8. The van der Waals surface area contributed by atoms with Crippen molar-refractivity contribution in [1.82, 2.24) is 0 Å². The predicted molar refractivity (Wildman–Crippen MR) is 139 cm³/mol. The molecule has 0 saturated heterocycles. The Bertz CT molecular complexity index is 1290. The first-order valence-corrected chi connectivity index (χ1v) is 11.6. The van der Waals surface area contributed by atoms with E-state index in [1.165, 1.54) is 11.0 Å². The number of carbonyl (C=O) groups is 3. The van der Waals surface area contributed by atoms with Crippen molar-refractivity contribution in [1.29, 1.82) is 0 Å². The fourth-order valence-corrected chi connectivity index (χ4v) is 3.94. The summed E-state index contributed by atoms with van der Waals surface area (Å²) in [6, 6.07) is 20.3. The van der Waals surface area contributed by atoms with Gasteiger partial charge in [0.15, 0.2) is 0 Å². The van der Waals surface area contributed by atoms with Crippen LogP contribution in [0.15, 0.2) is 78.9 Å². The third kappa shape index (κ3) is 5.55. The van der Waals surface area contributed by atoms with Crippen molar-refractivity contribution in [2.24, 2.45) is 0 Å². The van der Waals surface area contributed by atoms with Crippen LogP contribution in [0.1, 0.15) is 18.9 Å². The smallest absolute Gasteiger partial charge is 0.251 e. The van der Waals surface area contributed by atoms with E-state index in [2.05, 4.69) is 10.6 Å². The molecule has 0 aliphatic carbocycles. The molecule has 0 bridgehead atoms. The molecule has 36 heavy (non-hydrogen) atoms. The molecule has 1 aliphatic heterocycles. The van der Waals surface area contributed by atoms with Gasteiger partial charge in [0, 0.05) is 6.08 Å². The molecular weight excluding hydrogens is 458 g/mol. The molecule has 1 atom stereocenters.